The second-order valence-corrected chi connectivity index (χ2v) is 11.2. The lowest BCUT2D eigenvalue weighted by atomic mass is 10.1. The Morgan fingerprint density at radius 2 is 1.57 bits per heavy atom. The second-order valence-electron chi connectivity index (χ2n) is 11.2. The van der Waals surface area contributed by atoms with Gasteiger partial charge in [0, 0.05) is 48.2 Å². The minimum atomic E-state index is -0.235. The van der Waals surface area contributed by atoms with Crippen molar-refractivity contribution in [1.82, 2.24) is 10.2 Å². The Labute approximate surface area is 249 Å². The highest BCUT2D eigenvalue weighted by Gasteiger charge is 2.22. The summed E-state index contributed by atoms with van der Waals surface area (Å²) >= 11 is 0. The molecule has 3 aromatic carbocycles. The molecule has 0 aromatic heterocycles. The summed E-state index contributed by atoms with van der Waals surface area (Å²) in [5, 5.41) is 8.82. The Hall–Kier alpha value is -4.04. The van der Waals surface area contributed by atoms with Gasteiger partial charge in [0.05, 0.1) is 0 Å². The smallest absolute Gasteiger partial charge is 0.319 e. The molecular formula is C34H44N4O4. The number of anilines is 2. The molecule has 0 aliphatic carbocycles. The van der Waals surface area contributed by atoms with E-state index in [4.69, 9.17) is 9.47 Å². The molecule has 0 spiro atoms. The molecule has 3 aromatic rings. The molecule has 42 heavy (non-hydrogen) atoms. The van der Waals surface area contributed by atoms with Gasteiger partial charge in [-0.25, -0.2) is 4.79 Å². The molecule has 0 atom stereocenters. The minimum Gasteiger partial charge on any atom is -0.490 e. The lowest BCUT2D eigenvalue weighted by Gasteiger charge is -2.34. The SMILES string of the molecule is CCC(CC)NC(=O)Nc1cccc(Oc2ccc(NC(=O)c3cccc(OC4CCN(C(C)C)CC4)c3)cc2C)c1. The number of rotatable bonds is 11. The number of carbonyl (C=O) groups is 2. The second kappa shape index (κ2) is 14.7. The first-order valence-corrected chi connectivity index (χ1v) is 15.0. The first-order valence-electron chi connectivity index (χ1n) is 15.0. The fourth-order valence-electron chi connectivity index (χ4n) is 5.07. The van der Waals surface area contributed by atoms with Crippen molar-refractivity contribution in [1.29, 1.82) is 0 Å². The zero-order chi connectivity index (χ0) is 30.1. The Balaban J connectivity index is 1.33. The molecular weight excluding hydrogens is 528 g/mol. The summed E-state index contributed by atoms with van der Waals surface area (Å²) in [7, 11) is 0. The Kier molecular flexibility index (Phi) is 10.8. The predicted octanol–water partition coefficient (Wildman–Crippen LogP) is 7.60. The van der Waals surface area contributed by atoms with E-state index >= 15 is 0 Å². The number of urea groups is 1. The summed E-state index contributed by atoms with van der Waals surface area (Å²) in [5.41, 5.74) is 2.72. The van der Waals surface area contributed by atoms with Crippen LogP contribution in [0.3, 0.4) is 0 Å². The largest absolute Gasteiger partial charge is 0.490 e. The maximum Gasteiger partial charge on any atom is 0.319 e. The molecule has 0 radical (unpaired) electrons. The molecule has 224 valence electrons. The third kappa shape index (κ3) is 8.73. The number of hydrogen-bond acceptors (Lipinski definition) is 5. The number of likely N-dealkylation sites (tertiary alicyclic amines) is 1. The monoisotopic (exact) mass is 572 g/mol. The fraction of sp³-hybridized carbons (Fsp3) is 0.412. The molecule has 8 nitrogen and oxygen atoms in total. The van der Waals surface area contributed by atoms with E-state index in [1.54, 1.807) is 18.2 Å². The highest BCUT2D eigenvalue weighted by Crippen LogP contribution is 2.29. The van der Waals surface area contributed by atoms with E-state index in [1.807, 2.05) is 69.3 Å². The number of benzene rings is 3. The van der Waals surface area contributed by atoms with Gasteiger partial charge < -0.3 is 30.3 Å². The van der Waals surface area contributed by atoms with Gasteiger partial charge in [0.25, 0.3) is 5.91 Å². The zero-order valence-corrected chi connectivity index (χ0v) is 25.4. The van der Waals surface area contributed by atoms with Gasteiger partial charge in [0.2, 0.25) is 0 Å². The van der Waals surface area contributed by atoms with Crippen molar-refractivity contribution in [2.75, 3.05) is 23.7 Å². The van der Waals surface area contributed by atoms with Crippen molar-refractivity contribution in [2.45, 2.75) is 78.5 Å². The van der Waals surface area contributed by atoms with Crippen LogP contribution < -0.4 is 25.4 Å². The lowest BCUT2D eigenvalue weighted by Crippen LogP contribution is -2.41. The molecule has 1 fully saturated rings. The number of amides is 3. The summed E-state index contributed by atoms with van der Waals surface area (Å²) in [4.78, 5) is 27.8. The Morgan fingerprint density at radius 1 is 0.881 bits per heavy atom. The highest BCUT2D eigenvalue weighted by atomic mass is 16.5. The standard InChI is InChI=1S/C34H44N4O4/c1-6-26(7-2)36-34(40)37-27-11-9-13-31(22-27)42-32-15-14-28(20-24(32)5)35-33(39)25-10-8-12-30(21-25)41-29-16-18-38(19-17-29)23(3)4/h8-15,20-23,26,29H,6-7,16-19H2,1-5H3,(H,35,39)(H2,36,37,40). The number of carbonyl (C=O) groups excluding carboxylic acids is 2. The van der Waals surface area contributed by atoms with E-state index in [1.165, 1.54) is 0 Å². The van der Waals surface area contributed by atoms with Crippen LogP contribution in [-0.2, 0) is 0 Å². The third-order valence-corrected chi connectivity index (χ3v) is 7.68. The molecule has 1 aliphatic heterocycles. The van der Waals surface area contributed by atoms with Crippen LogP contribution in [0.4, 0.5) is 16.2 Å². The Bertz CT molecular complexity index is 1350. The lowest BCUT2D eigenvalue weighted by molar-refractivity contribution is 0.0840. The predicted molar refractivity (Wildman–Crippen MR) is 169 cm³/mol. The molecule has 4 rings (SSSR count). The molecule has 1 aliphatic rings. The third-order valence-electron chi connectivity index (χ3n) is 7.68. The number of hydrogen-bond donors (Lipinski definition) is 3. The van der Waals surface area contributed by atoms with Gasteiger partial charge in [-0.2, -0.15) is 0 Å². The maximum absolute atomic E-state index is 13.1. The van der Waals surface area contributed by atoms with Crippen LogP contribution >= 0.6 is 0 Å². The summed E-state index contributed by atoms with van der Waals surface area (Å²) in [6, 6.07) is 20.6. The van der Waals surface area contributed by atoms with E-state index < -0.39 is 0 Å². The van der Waals surface area contributed by atoms with Crippen molar-refractivity contribution < 1.29 is 19.1 Å². The van der Waals surface area contributed by atoms with Crippen molar-refractivity contribution in [3.05, 3.63) is 77.9 Å². The topological polar surface area (TPSA) is 91.9 Å². The maximum atomic E-state index is 13.1. The van der Waals surface area contributed by atoms with Crippen LogP contribution in [0.5, 0.6) is 17.2 Å². The van der Waals surface area contributed by atoms with Gasteiger partial charge in [0.1, 0.15) is 23.4 Å². The number of nitrogens with one attached hydrogen (secondary N) is 3. The van der Waals surface area contributed by atoms with Gasteiger partial charge in [-0.3, -0.25) is 4.79 Å². The zero-order valence-electron chi connectivity index (χ0n) is 25.4. The first kappa shape index (κ1) is 30.9. The molecule has 1 heterocycles. The van der Waals surface area contributed by atoms with E-state index in [0.29, 0.717) is 34.5 Å². The van der Waals surface area contributed by atoms with Gasteiger partial charge in [-0.15, -0.1) is 0 Å². The van der Waals surface area contributed by atoms with Crippen LogP contribution in [0, 0.1) is 6.92 Å². The van der Waals surface area contributed by atoms with Crippen molar-refractivity contribution >= 4 is 23.3 Å². The van der Waals surface area contributed by atoms with E-state index in [0.717, 1.165) is 50.1 Å². The number of ether oxygens (including phenoxy) is 2. The minimum absolute atomic E-state index is 0.140. The molecule has 0 bridgehead atoms. The molecule has 3 amide bonds. The molecule has 3 N–H and O–H groups in total. The van der Waals surface area contributed by atoms with Gasteiger partial charge >= 0.3 is 6.03 Å². The average molecular weight is 573 g/mol. The normalized spacial score (nSPS) is 14.1. The van der Waals surface area contributed by atoms with Crippen LogP contribution in [0.1, 0.15) is 69.3 Å². The van der Waals surface area contributed by atoms with Gasteiger partial charge in [0.15, 0.2) is 0 Å². The number of aryl methyl sites for hydroxylation is 1. The summed E-state index contributed by atoms with van der Waals surface area (Å²) in [6.07, 6.45) is 3.88. The van der Waals surface area contributed by atoms with E-state index in [9.17, 15) is 9.59 Å². The van der Waals surface area contributed by atoms with Crippen LogP contribution in [-0.4, -0.2) is 48.1 Å². The van der Waals surface area contributed by atoms with Crippen molar-refractivity contribution in [2.24, 2.45) is 0 Å². The summed E-state index contributed by atoms with van der Waals surface area (Å²) in [5.74, 6) is 1.77. The average Bonchev–Trinajstić information content (AvgIpc) is 2.98. The Morgan fingerprint density at radius 3 is 2.26 bits per heavy atom. The molecule has 0 saturated carbocycles. The van der Waals surface area contributed by atoms with E-state index in [2.05, 4.69) is 34.7 Å². The molecule has 8 heteroatoms. The van der Waals surface area contributed by atoms with Gasteiger partial charge in [-0.1, -0.05) is 26.0 Å². The molecule has 0 unspecified atom stereocenters. The van der Waals surface area contributed by atoms with Crippen LogP contribution in [0.25, 0.3) is 0 Å². The summed E-state index contributed by atoms with van der Waals surface area (Å²) < 4.78 is 12.3. The highest BCUT2D eigenvalue weighted by molar-refractivity contribution is 6.04. The first-order chi connectivity index (χ1) is 20.2. The van der Waals surface area contributed by atoms with E-state index in [-0.39, 0.29) is 24.1 Å². The summed E-state index contributed by atoms with van der Waals surface area (Å²) in [6.45, 7) is 12.5. The number of piperidine rings is 1. The van der Waals surface area contributed by atoms with Crippen molar-refractivity contribution in [3.8, 4) is 17.2 Å². The quantitative estimate of drug-likeness (QED) is 0.220. The van der Waals surface area contributed by atoms with Gasteiger partial charge in [-0.05, 0) is 101 Å². The van der Waals surface area contributed by atoms with Crippen LogP contribution in [0.2, 0.25) is 0 Å². The van der Waals surface area contributed by atoms with Crippen molar-refractivity contribution in [3.63, 3.8) is 0 Å². The fourth-order valence-corrected chi connectivity index (χ4v) is 5.07. The number of nitrogens with zero attached hydrogens (tertiary/aromatic N) is 1. The molecule has 1 saturated heterocycles. The van der Waals surface area contributed by atoms with Crippen LogP contribution in [0.15, 0.2) is 66.7 Å².